The van der Waals surface area contributed by atoms with Crippen molar-refractivity contribution in [2.45, 2.75) is 19.8 Å². The van der Waals surface area contributed by atoms with Gasteiger partial charge in [-0.1, -0.05) is 18.2 Å². The minimum atomic E-state index is 0.606. The molecule has 4 heteroatoms. The van der Waals surface area contributed by atoms with E-state index >= 15 is 0 Å². The molecule has 0 bridgehead atoms. The molecule has 0 N–H and O–H groups in total. The number of rotatable bonds is 5. The molecule has 0 aliphatic carbocycles. The van der Waals surface area contributed by atoms with E-state index in [1.807, 2.05) is 43.3 Å². The molecule has 20 heavy (non-hydrogen) atoms. The van der Waals surface area contributed by atoms with Crippen molar-refractivity contribution in [2.24, 2.45) is 0 Å². The molecule has 0 radical (unpaired) electrons. The van der Waals surface area contributed by atoms with Gasteiger partial charge in [-0.15, -0.1) is 0 Å². The van der Waals surface area contributed by atoms with Crippen LogP contribution in [0.15, 0.2) is 47.0 Å². The second-order valence-corrected chi connectivity index (χ2v) is 4.71. The van der Waals surface area contributed by atoms with Gasteiger partial charge in [-0.3, -0.25) is 0 Å². The summed E-state index contributed by atoms with van der Waals surface area (Å²) in [5.41, 5.74) is 2.52. The number of para-hydroxylation sites is 1. The molecule has 4 nitrogen and oxygen atoms in total. The maximum Gasteiger partial charge on any atom is 0.246 e. The molecule has 0 amide bonds. The Kier molecular flexibility index (Phi) is 3.63. The Morgan fingerprint density at radius 2 is 2.05 bits per heavy atom. The topological polar surface area (TPSA) is 48.2 Å². The van der Waals surface area contributed by atoms with Gasteiger partial charge in [-0.25, -0.2) is 9.97 Å². The van der Waals surface area contributed by atoms with Gasteiger partial charge in [0, 0.05) is 12.6 Å². The van der Waals surface area contributed by atoms with Crippen molar-refractivity contribution in [3.05, 3.63) is 54.0 Å². The summed E-state index contributed by atoms with van der Waals surface area (Å²) < 4.78 is 11.2. The molecule has 0 aliphatic heterocycles. The van der Waals surface area contributed by atoms with Crippen molar-refractivity contribution in [3.8, 4) is 5.75 Å². The number of hydrogen-bond acceptors (Lipinski definition) is 4. The highest BCUT2D eigenvalue weighted by Gasteiger charge is 2.06. The number of oxazole rings is 1. The van der Waals surface area contributed by atoms with Crippen LogP contribution < -0.4 is 4.74 Å². The lowest BCUT2D eigenvalue weighted by Gasteiger charge is -2.03. The maximum atomic E-state index is 5.64. The predicted octanol–water partition coefficient (Wildman–Crippen LogP) is 3.54. The average Bonchev–Trinajstić information content (AvgIpc) is 2.86. The van der Waals surface area contributed by atoms with Crippen LogP contribution in [0.1, 0.15) is 17.9 Å². The summed E-state index contributed by atoms with van der Waals surface area (Å²) in [5.74, 6) is 1.61. The van der Waals surface area contributed by atoms with Crippen molar-refractivity contribution in [1.82, 2.24) is 9.97 Å². The number of pyridine rings is 1. The zero-order chi connectivity index (χ0) is 13.8. The van der Waals surface area contributed by atoms with Gasteiger partial charge in [-0.2, -0.15) is 0 Å². The number of aryl methyl sites for hydroxylation is 2. The largest absolute Gasteiger partial charge is 0.494 e. The third-order valence-corrected chi connectivity index (χ3v) is 2.98. The summed E-state index contributed by atoms with van der Waals surface area (Å²) in [6, 6.07) is 11.8. The monoisotopic (exact) mass is 268 g/mol. The van der Waals surface area contributed by atoms with Crippen molar-refractivity contribution in [2.75, 3.05) is 6.61 Å². The normalized spacial score (nSPS) is 10.8. The number of aromatic nitrogens is 2. The molecule has 0 atom stereocenters. The Bertz CT molecular complexity index is 692. The van der Waals surface area contributed by atoms with Crippen LogP contribution in [0.2, 0.25) is 0 Å². The molecule has 0 saturated heterocycles. The van der Waals surface area contributed by atoms with Crippen molar-refractivity contribution < 1.29 is 9.15 Å². The Hall–Kier alpha value is -2.36. The highest BCUT2D eigenvalue weighted by atomic mass is 16.5. The van der Waals surface area contributed by atoms with Crippen molar-refractivity contribution >= 4 is 11.2 Å². The van der Waals surface area contributed by atoms with E-state index in [4.69, 9.17) is 9.15 Å². The fourth-order valence-corrected chi connectivity index (χ4v) is 2.01. The first-order valence-electron chi connectivity index (χ1n) is 6.71. The van der Waals surface area contributed by atoms with Crippen molar-refractivity contribution in [3.63, 3.8) is 0 Å². The predicted molar refractivity (Wildman–Crippen MR) is 76.8 cm³/mol. The van der Waals surface area contributed by atoms with Crippen LogP contribution >= 0.6 is 0 Å². The van der Waals surface area contributed by atoms with Gasteiger partial charge >= 0.3 is 0 Å². The van der Waals surface area contributed by atoms with E-state index in [1.54, 1.807) is 6.20 Å². The first kappa shape index (κ1) is 12.7. The molecule has 2 heterocycles. The molecular weight excluding hydrogens is 252 g/mol. The summed E-state index contributed by atoms with van der Waals surface area (Å²) in [6.45, 7) is 2.64. The van der Waals surface area contributed by atoms with E-state index in [-0.39, 0.29) is 0 Å². The number of benzene rings is 1. The molecule has 1 aromatic carbocycles. The minimum Gasteiger partial charge on any atom is -0.494 e. The molecule has 3 aromatic rings. The Balaban J connectivity index is 1.55. The SMILES string of the molecule is Cc1cnc2oc(CCCOc3ccccc3)nc2c1. The molecule has 0 unspecified atom stereocenters. The minimum absolute atomic E-state index is 0.606. The van der Waals surface area contributed by atoms with Gasteiger partial charge in [0.25, 0.3) is 0 Å². The van der Waals surface area contributed by atoms with E-state index in [1.165, 1.54) is 0 Å². The van der Waals surface area contributed by atoms with E-state index in [9.17, 15) is 0 Å². The van der Waals surface area contributed by atoms with Gasteiger partial charge in [0.1, 0.15) is 11.3 Å². The van der Waals surface area contributed by atoms with Gasteiger partial charge in [0.2, 0.25) is 5.71 Å². The fraction of sp³-hybridized carbons (Fsp3) is 0.250. The smallest absolute Gasteiger partial charge is 0.246 e. The van der Waals surface area contributed by atoms with E-state index in [2.05, 4.69) is 9.97 Å². The third-order valence-electron chi connectivity index (χ3n) is 2.98. The first-order valence-corrected chi connectivity index (χ1v) is 6.71. The summed E-state index contributed by atoms with van der Waals surface area (Å²) in [6.07, 6.45) is 3.40. The molecule has 0 fully saturated rings. The van der Waals surface area contributed by atoms with E-state index < -0.39 is 0 Å². The second kappa shape index (κ2) is 5.74. The summed E-state index contributed by atoms with van der Waals surface area (Å²) in [7, 11) is 0. The molecule has 0 aliphatic rings. The molecular formula is C16H16N2O2. The van der Waals surface area contributed by atoms with Crippen LogP contribution in [0.4, 0.5) is 0 Å². The van der Waals surface area contributed by atoms with Gasteiger partial charge in [0.05, 0.1) is 6.61 Å². The molecule has 2 aromatic heterocycles. The third kappa shape index (κ3) is 2.96. The van der Waals surface area contributed by atoms with Crippen LogP contribution in [-0.2, 0) is 6.42 Å². The number of nitrogens with zero attached hydrogens (tertiary/aromatic N) is 2. The number of fused-ring (bicyclic) bond motifs is 1. The fourth-order valence-electron chi connectivity index (χ4n) is 2.01. The molecule has 0 saturated carbocycles. The van der Waals surface area contributed by atoms with Gasteiger partial charge in [-0.05, 0) is 37.1 Å². The summed E-state index contributed by atoms with van der Waals surface area (Å²) in [4.78, 5) is 8.65. The van der Waals surface area contributed by atoms with Gasteiger partial charge in [0.15, 0.2) is 5.89 Å². The highest BCUT2D eigenvalue weighted by Crippen LogP contribution is 2.15. The zero-order valence-electron chi connectivity index (χ0n) is 11.4. The van der Waals surface area contributed by atoms with Gasteiger partial charge < -0.3 is 9.15 Å². The van der Waals surface area contributed by atoms with Crippen molar-refractivity contribution in [1.29, 1.82) is 0 Å². The first-order chi connectivity index (χ1) is 9.81. The standard InChI is InChI=1S/C16H16N2O2/c1-12-10-14-16(17-11-12)20-15(18-14)8-5-9-19-13-6-3-2-4-7-13/h2-4,6-7,10-11H,5,8-9H2,1H3. The van der Waals surface area contributed by atoms with Crippen LogP contribution in [0.5, 0.6) is 5.75 Å². The highest BCUT2D eigenvalue weighted by molar-refractivity contribution is 5.68. The Labute approximate surface area is 117 Å². The Morgan fingerprint density at radius 3 is 2.90 bits per heavy atom. The molecule has 102 valence electrons. The summed E-state index contributed by atoms with van der Waals surface area (Å²) >= 11 is 0. The average molecular weight is 268 g/mol. The zero-order valence-corrected chi connectivity index (χ0v) is 11.4. The van der Waals surface area contributed by atoms with Crippen LogP contribution in [0.3, 0.4) is 0 Å². The van der Waals surface area contributed by atoms with E-state index in [0.29, 0.717) is 12.3 Å². The molecule has 3 rings (SSSR count). The second-order valence-electron chi connectivity index (χ2n) is 4.71. The number of hydrogen-bond donors (Lipinski definition) is 0. The lowest BCUT2D eigenvalue weighted by Crippen LogP contribution is -1.99. The Morgan fingerprint density at radius 1 is 1.20 bits per heavy atom. The molecule has 0 spiro atoms. The van der Waals surface area contributed by atoms with Crippen LogP contribution in [-0.4, -0.2) is 16.6 Å². The van der Waals surface area contributed by atoms with Crippen LogP contribution in [0, 0.1) is 6.92 Å². The quantitative estimate of drug-likeness (QED) is 0.664. The van der Waals surface area contributed by atoms with Crippen LogP contribution in [0.25, 0.3) is 11.2 Å². The van der Waals surface area contributed by atoms with E-state index in [0.717, 1.165) is 35.6 Å². The summed E-state index contributed by atoms with van der Waals surface area (Å²) in [5, 5.41) is 0. The maximum absolute atomic E-state index is 5.64. The lowest BCUT2D eigenvalue weighted by molar-refractivity contribution is 0.305. The number of ether oxygens (including phenoxy) is 1. The lowest BCUT2D eigenvalue weighted by atomic mass is 10.3.